The fourth-order valence-corrected chi connectivity index (χ4v) is 2.77. The third-order valence-electron chi connectivity index (χ3n) is 3.83. The standard InChI is InChI=1S/C14H18N4/c15-8-3-9-18(11-6-7-11)14-12-4-1-2-5-13(12)16-10-17-14/h10-11H,1-7,9H2. The number of hydrogen-bond donors (Lipinski definition) is 0. The van der Waals surface area contributed by atoms with Gasteiger partial charge in [0.05, 0.1) is 12.5 Å². The van der Waals surface area contributed by atoms with E-state index in [2.05, 4.69) is 20.9 Å². The molecule has 0 atom stereocenters. The molecule has 4 heteroatoms. The van der Waals surface area contributed by atoms with E-state index < -0.39 is 0 Å². The van der Waals surface area contributed by atoms with Crippen LogP contribution in [0.15, 0.2) is 6.33 Å². The van der Waals surface area contributed by atoms with Crippen LogP contribution < -0.4 is 4.90 Å². The maximum Gasteiger partial charge on any atom is 0.135 e. The first-order chi connectivity index (χ1) is 8.90. The Balaban J connectivity index is 1.91. The Morgan fingerprint density at radius 1 is 1.28 bits per heavy atom. The first kappa shape index (κ1) is 11.5. The molecule has 0 saturated heterocycles. The summed E-state index contributed by atoms with van der Waals surface area (Å²) in [4.78, 5) is 11.3. The summed E-state index contributed by atoms with van der Waals surface area (Å²) in [6.07, 6.45) is 9.42. The summed E-state index contributed by atoms with van der Waals surface area (Å²) in [6, 6.07) is 2.86. The summed E-state index contributed by atoms with van der Waals surface area (Å²) >= 11 is 0. The highest BCUT2D eigenvalue weighted by atomic mass is 15.2. The van der Waals surface area contributed by atoms with E-state index in [1.165, 1.54) is 36.9 Å². The fraction of sp³-hybridized carbons (Fsp3) is 0.643. The zero-order chi connectivity index (χ0) is 12.4. The molecule has 3 rings (SSSR count). The van der Waals surface area contributed by atoms with Crippen LogP contribution in [0.2, 0.25) is 0 Å². The molecular weight excluding hydrogens is 224 g/mol. The molecule has 1 aromatic heterocycles. The Morgan fingerprint density at radius 3 is 2.89 bits per heavy atom. The van der Waals surface area contributed by atoms with Gasteiger partial charge in [0.25, 0.3) is 0 Å². The Kier molecular flexibility index (Phi) is 3.14. The van der Waals surface area contributed by atoms with Gasteiger partial charge >= 0.3 is 0 Å². The second-order valence-electron chi connectivity index (χ2n) is 5.16. The highest BCUT2D eigenvalue weighted by Crippen LogP contribution is 2.35. The minimum atomic E-state index is 0.579. The molecule has 0 bridgehead atoms. The minimum absolute atomic E-state index is 0.579. The number of anilines is 1. The Hall–Kier alpha value is -1.63. The van der Waals surface area contributed by atoms with E-state index in [4.69, 9.17) is 5.26 Å². The van der Waals surface area contributed by atoms with Gasteiger partial charge in [-0.05, 0) is 38.5 Å². The molecule has 0 aliphatic heterocycles. The Morgan fingerprint density at radius 2 is 2.11 bits per heavy atom. The topological polar surface area (TPSA) is 52.8 Å². The van der Waals surface area contributed by atoms with Crippen LogP contribution in [-0.2, 0) is 12.8 Å². The van der Waals surface area contributed by atoms with Gasteiger partial charge in [-0.25, -0.2) is 9.97 Å². The van der Waals surface area contributed by atoms with Crippen molar-refractivity contribution in [1.82, 2.24) is 9.97 Å². The molecule has 0 N–H and O–H groups in total. The molecule has 0 radical (unpaired) electrons. The third kappa shape index (κ3) is 2.17. The highest BCUT2D eigenvalue weighted by Gasteiger charge is 2.32. The summed E-state index contributed by atoms with van der Waals surface area (Å²) in [5.74, 6) is 1.11. The number of rotatable bonds is 4. The normalized spacial score (nSPS) is 17.9. The number of nitrogens with zero attached hydrogens (tertiary/aromatic N) is 4. The van der Waals surface area contributed by atoms with Crippen LogP contribution in [0.3, 0.4) is 0 Å². The van der Waals surface area contributed by atoms with Crippen molar-refractivity contribution in [3.05, 3.63) is 17.6 Å². The monoisotopic (exact) mass is 242 g/mol. The molecule has 1 aromatic rings. The van der Waals surface area contributed by atoms with Crippen molar-refractivity contribution in [2.45, 2.75) is 51.0 Å². The van der Waals surface area contributed by atoms with E-state index >= 15 is 0 Å². The van der Waals surface area contributed by atoms with Crippen LogP contribution in [-0.4, -0.2) is 22.6 Å². The second kappa shape index (κ2) is 4.93. The number of aromatic nitrogens is 2. The molecule has 1 heterocycles. The number of fused-ring (bicyclic) bond motifs is 1. The van der Waals surface area contributed by atoms with Gasteiger partial charge in [0.1, 0.15) is 12.1 Å². The van der Waals surface area contributed by atoms with Crippen LogP contribution in [0.4, 0.5) is 5.82 Å². The lowest BCUT2D eigenvalue weighted by molar-refractivity contribution is 0.652. The Labute approximate surface area is 108 Å². The largest absolute Gasteiger partial charge is 0.352 e. The van der Waals surface area contributed by atoms with Crippen molar-refractivity contribution in [2.24, 2.45) is 0 Å². The molecule has 0 aromatic carbocycles. The maximum atomic E-state index is 8.79. The van der Waals surface area contributed by atoms with Gasteiger partial charge in [0.15, 0.2) is 0 Å². The van der Waals surface area contributed by atoms with Gasteiger partial charge in [-0.1, -0.05) is 0 Å². The molecular formula is C14H18N4. The SMILES string of the molecule is N#CCCN(c1ncnc2c1CCCC2)C1CC1. The second-order valence-corrected chi connectivity index (χ2v) is 5.16. The lowest BCUT2D eigenvalue weighted by Gasteiger charge is -2.27. The quantitative estimate of drug-likeness (QED) is 0.812. The van der Waals surface area contributed by atoms with E-state index in [0.29, 0.717) is 12.5 Å². The van der Waals surface area contributed by atoms with Crippen molar-refractivity contribution in [3.63, 3.8) is 0 Å². The maximum absolute atomic E-state index is 8.79. The van der Waals surface area contributed by atoms with Crippen molar-refractivity contribution < 1.29 is 0 Å². The summed E-state index contributed by atoms with van der Waals surface area (Å²) in [7, 11) is 0. The summed E-state index contributed by atoms with van der Waals surface area (Å²) in [5.41, 5.74) is 2.57. The first-order valence-electron chi connectivity index (χ1n) is 6.86. The van der Waals surface area contributed by atoms with E-state index in [1.54, 1.807) is 6.33 Å². The van der Waals surface area contributed by atoms with Crippen molar-refractivity contribution in [2.75, 3.05) is 11.4 Å². The van der Waals surface area contributed by atoms with Crippen LogP contribution in [0, 0.1) is 11.3 Å². The third-order valence-corrected chi connectivity index (χ3v) is 3.83. The average Bonchev–Trinajstić information content (AvgIpc) is 3.24. The molecule has 4 nitrogen and oxygen atoms in total. The smallest absolute Gasteiger partial charge is 0.135 e. The molecule has 18 heavy (non-hydrogen) atoms. The van der Waals surface area contributed by atoms with Gasteiger partial charge in [0, 0.05) is 23.8 Å². The van der Waals surface area contributed by atoms with Gasteiger partial charge in [-0.2, -0.15) is 5.26 Å². The average molecular weight is 242 g/mol. The zero-order valence-corrected chi connectivity index (χ0v) is 10.6. The van der Waals surface area contributed by atoms with Crippen LogP contribution in [0.1, 0.15) is 43.4 Å². The summed E-state index contributed by atoms with van der Waals surface area (Å²) in [5, 5.41) is 8.79. The fourth-order valence-electron chi connectivity index (χ4n) is 2.77. The van der Waals surface area contributed by atoms with E-state index in [1.807, 2.05) is 0 Å². The Bertz CT molecular complexity index is 473. The zero-order valence-electron chi connectivity index (χ0n) is 10.6. The molecule has 1 saturated carbocycles. The number of hydrogen-bond acceptors (Lipinski definition) is 4. The van der Waals surface area contributed by atoms with Crippen LogP contribution in [0.25, 0.3) is 0 Å². The number of aryl methyl sites for hydroxylation is 1. The lowest BCUT2D eigenvalue weighted by Crippen LogP contribution is -2.29. The molecule has 0 unspecified atom stereocenters. The van der Waals surface area contributed by atoms with Gasteiger partial charge < -0.3 is 4.90 Å². The van der Waals surface area contributed by atoms with Gasteiger partial charge in [-0.15, -0.1) is 0 Å². The van der Waals surface area contributed by atoms with Crippen molar-refractivity contribution >= 4 is 5.82 Å². The molecule has 2 aliphatic carbocycles. The predicted octanol–water partition coefficient (Wildman–Crippen LogP) is 2.24. The highest BCUT2D eigenvalue weighted by molar-refractivity contribution is 5.51. The van der Waals surface area contributed by atoms with Crippen LogP contribution in [0.5, 0.6) is 0 Å². The first-order valence-corrected chi connectivity index (χ1v) is 6.86. The lowest BCUT2D eigenvalue weighted by atomic mass is 9.96. The van der Waals surface area contributed by atoms with Crippen LogP contribution >= 0.6 is 0 Å². The summed E-state index contributed by atoms with van der Waals surface area (Å²) in [6.45, 7) is 0.810. The van der Waals surface area contributed by atoms with Gasteiger partial charge in [0.2, 0.25) is 0 Å². The molecule has 1 fully saturated rings. The van der Waals surface area contributed by atoms with Gasteiger partial charge in [-0.3, -0.25) is 0 Å². The van der Waals surface area contributed by atoms with Crippen molar-refractivity contribution in [3.8, 4) is 6.07 Å². The molecule has 2 aliphatic rings. The van der Waals surface area contributed by atoms with E-state index in [0.717, 1.165) is 25.2 Å². The van der Waals surface area contributed by atoms with E-state index in [-0.39, 0.29) is 0 Å². The summed E-state index contributed by atoms with van der Waals surface area (Å²) < 4.78 is 0. The van der Waals surface area contributed by atoms with Crippen molar-refractivity contribution in [1.29, 1.82) is 5.26 Å². The minimum Gasteiger partial charge on any atom is -0.352 e. The molecule has 94 valence electrons. The predicted molar refractivity (Wildman–Crippen MR) is 69.3 cm³/mol. The van der Waals surface area contributed by atoms with E-state index in [9.17, 15) is 0 Å². The molecule has 0 spiro atoms. The molecule has 0 amide bonds. The number of nitriles is 1.